The van der Waals surface area contributed by atoms with Gasteiger partial charge in [0.05, 0.1) is 12.8 Å². The second-order valence-corrected chi connectivity index (χ2v) is 6.31. The van der Waals surface area contributed by atoms with E-state index in [4.69, 9.17) is 9.15 Å². The van der Waals surface area contributed by atoms with Crippen LogP contribution in [0.15, 0.2) is 22.8 Å². The quantitative estimate of drug-likeness (QED) is 0.890. The summed E-state index contributed by atoms with van der Waals surface area (Å²) in [5.41, 5.74) is -0.445. The average molecular weight is 280 g/mol. The fourth-order valence-corrected chi connectivity index (χ4v) is 2.43. The zero-order chi connectivity index (χ0) is 14.6. The summed E-state index contributed by atoms with van der Waals surface area (Å²) in [5.74, 6) is 0.938. The van der Waals surface area contributed by atoms with Crippen molar-refractivity contribution in [2.75, 3.05) is 0 Å². The molecule has 0 aromatic carbocycles. The van der Waals surface area contributed by atoms with Gasteiger partial charge in [0.25, 0.3) is 0 Å². The lowest BCUT2D eigenvalue weighted by Gasteiger charge is -2.21. The normalized spacial score (nSPS) is 22.8. The molecular weight excluding hydrogens is 256 g/mol. The fourth-order valence-electron chi connectivity index (χ4n) is 2.43. The molecule has 1 aromatic heterocycles. The molecule has 2 N–H and O–H groups in total. The number of rotatable bonds is 4. The zero-order valence-corrected chi connectivity index (χ0v) is 12.4. The van der Waals surface area contributed by atoms with Gasteiger partial charge in [0.1, 0.15) is 11.4 Å². The second kappa shape index (κ2) is 6.31. The summed E-state index contributed by atoms with van der Waals surface area (Å²) in [5, 5.41) is 6.38. The SMILES string of the molecule is CC(C)(C)OC(=O)NC1CCC(NCc2ccco2)C1. The predicted octanol–water partition coefficient (Wildman–Crippen LogP) is 2.82. The third-order valence-corrected chi connectivity index (χ3v) is 3.30. The van der Waals surface area contributed by atoms with E-state index in [0.717, 1.165) is 31.6 Å². The summed E-state index contributed by atoms with van der Waals surface area (Å²) < 4.78 is 10.6. The highest BCUT2D eigenvalue weighted by Gasteiger charge is 2.27. The lowest BCUT2D eigenvalue weighted by atomic mass is 10.2. The zero-order valence-electron chi connectivity index (χ0n) is 12.4. The van der Waals surface area contributed by atoms with E-state index >= 15 is 0 Å². The number of alkyl carbamates (subject to hydrolysis) is 1. The molecule has 1 fully saturated rings. The number of amides is 1. The summed E-state index contributed by atoms with van der Waals surface area (Å²) in [7, 11) is 0. The van der Waals surface area contributed by atoms with E-state index in [1.54, 1.807) is 6.26 Å². The minimum absolute atomic E-state index is 0.193. The predicted molar refractivity (Wildman–Crippen MR) is 76.3 cm³/mol. The first kappa shape index (κ1) is 14.9. The van der Waals surface area contributed by atoms with Crippen LogP contribution in [0, 0.1) is 0 Å². The molecule has 2 rings (SSSR count). The smallest absolute Gasteiger partial charge is 0.407 e. The van der Waals surface area contributed by atoms with Crippen molar-refractivity contribution in [3.63, 3.8) is 0 Å². The highest BCUT2D eigenvalue weighted by atomic mass is 16.6. The van der Waals surface area contributed by atoms with E-state index in [9.17, 15) is 4.79 Å². The second-order valence-electron chi connectivity index (χ2n) is 6.31. The van der Waals surface area contributed by atoms with Gasteiger partial charge in [0, 0.05) is 12.1 Å². The number of ether oxygens (including phenoxy) is 1. The van der Waals surface area contributed by atoms with E-state index in [-0.39, 0.29) is 12.1 Å². The molecule has 20 heavy (non-hydrogen) atoms. The Balaban J connectivity index is 1.68. The number of hydrogen-bond donors (Lipinski definition) is 2. The molecule has 2 atom stereocenters. The molecule has 1 aromatic rings. The van der Waals surface area contributed by atoms with Crippen molar-refractivity contribution in [1.29, 1.82) is 0 Å². The molecule has 2 unspecified atom stereocenters. The molecule has 1 heterocycles. The van der Waals surface area contributed by atoms with Crippen molar-refractivity contribution >= 4 is 6.09 Å². The lowest BCUT2D eigenvalue weighted by Crippen LogP contribution is -2.38. The molecule has 0 bridgehead atoms. The molecule has 0 saturated heterocycles. The van der Waals surface area contributed by atoms with E-state index in [0.29, 0.717) is 6.04 Å². The number of nitrogens with one attached hydrogen (secondary N) is 2. The summed E-state index contributed by atoms with van der Waals surface area (Å²) in [4.78, 5) is 11.7. The minimum Gasteiger partial charge on any atom is -0.468 e. The molecule has 0 aliphatic heterocycles. The van der Waals surface area contributed by atoms with E-state index in [1.807, 2.05) is 32.9 Å². The van der Waals surface area contributed by atoms with Crippen LogP contribution in [-0.2, 0) is 11.3 Å². The Kier molecular flexibility index (Phi) is 4.70. The molecule has 112 valence electrons. The Hall–Kier alpha value is -1.49. The number of carbonyl (C=O) groups excluding carboxylic acids is 1. The van der Waals surface area contributed by atoms with Gasteiger partial charge < -0.3 is 19.8 Å². The molecule has 5 heteroatoms. The molecule has 1 aliphatic carbocycles. The van der Waals surface area contributed by atoms with Crippen LogP contribution in [-0.4, -0.2) is 23.8 Å². The number of furan rings is 1. The Labute approximate surface area is 120 Å². The summed E-state index contributed by atoms with van der Waals surface area (Å²) in [6, 6.07) is 4.45. The van der Waals surface area contributed by atoms with Crippen LogP contribution in [0.1, 0.15) is 45.8 Å². The third kappa shape index (κ3) is 4.89. The largest absolute Gasteiger partial charge is 0.468 e. The van der Waals surface area contributed by atoms with Gasteiger partial charge in [0.15, 0.2) is 0 Å². The fraction of sp³-hybridized carbons (Fsp3) is 0.667. The van der Waals surface area contributed by atoms with Crippen LogP contribution in [0.5, 0.6) is 0 Å². The van der Waals surface area contributed by atoms with Crippen molar-refractivity contribution < 1.29 is 13.9 Å². The first-order valence-corrected chi connectivity index (χ1v) is 7.17. The summed E-state index contributed by atoms with van der Waals surface area (Å²) in [6.45, 7) is 6.34. The van der Waals surface area contributed by atoms with Crippen LogP contribution in [0.3, 0.4) is 0 Å². The molecular formula is C15H24N2O3. The first-order chi connectivity index (χ1) is 9.42. The van der Waals surface area contributed by atoms with Gasteiger partial charge in [-0.25, -0.2) is 4.79 Å². The van der Waals surface area contributed by atoms with E-state index in [2.05, 4.69) is 10.6 Å². The monoisotopic (exact) mass is 280 g/mol. The summed E-state index contributed by atoms with van der Waals surface area (Å²) >= 11 is 0. The maximum atomic E-state index is 11.7. The van der Waals surface area contributed by atoms with Gasteiger partial charge in [-0.15, -0.1) is 0 Å². The molecule has 5 nitrogen and oxygen atoms in total. The van der Waals surface area contributed by atoms with Crippen molar-refractivity contribution in [1.82, 2.24) is 10.6 Å². The highest BCUT2D eigenvalue weighted by molar-refractivity contribution is 5.68. The Morgan fingerprint density at radius 1 is 1.40 bits per heavy atom. The van der Waals surface area contributed by atoms with Gasteiger partial charge in [-0.2, -0.15) is 0 Å². The van der Waals surface area contributed by atoms with Crippen LogP contribution in [0.4, 0.5) is 4.79 Å². The van der Waals surface area contributed by atoms with Gasteiger partial charge in [-0.05, 0) is 52.2 Å². The molecule has 1 aliphatic rings. The maximum absolute atomic E-state index is 11.7. The first-order valence-electron chi connectivity index (χ1n) is 7.17. The topological polar surface area (TPSA) is 63.5 Å². The Morgan fingerprint density at radius 3 is 2.80 bits per heavy atom. The Bertz CT molecular complexity index is 423. The molecule has 0 spiro atoms. The standard InChI is InChI=1S/C15H24N2O3/c1-15(2,3)20-14(18)17-12-7-6-11(9-12)16-10-13-5-4-8-19-13/h4-5,8,11-12,16H,6-7,9-10H2,1-3H3,(H,17,18). The van der Waals surface area contributed by atoms with Gasteiger partial charge in [0.2, 0.25) is 0 Å². The molecule has 1 amide bonds. The highest BCUT2D eigenvalue weighted by Crippen LogP contribution is 2.20. The number of hydrogen-bond acceptors (Lipinski definition) is 4. The minimum atomic E-state index is -0.445. The third-order valence-electron chi connectivity index (χ3n) is 3.30. The molecule has 0 radical (unpaired) electrons. The van der Waals surface area contributed by atoms with Crippen LogP contribution in [0.2, 0.25) is 0 Å². The van der Waals surface area contributed by atoms with Crippen LogP contribution in [0.25, 0.3) is 0 Å². The Morgan fingerprint density at radius 2 is 2.15 bits per heavy atom. The van der Waals surface area contributed by atoms with Crippen LogP contribution < -0.4 is 10.6 Å². The summed E-state index contributed by atoms with van der Waals surface area (Å²) in [6.07, 6.45) is 4.32. The van der Waals surface area contributed by atoms with Gasteiger partial charge in [-0.1, -0.05) is 0 Å². The molecule has 1 saturated carbocycles. The van der Waals surface area contributed by atoms with Crippen molar-refractivity contribution in [3.05, 3.63) is 24.2 Å². The van der Waals surface area contributed by atoms with Crippen molar-refractivity contribution in [2.24, 2.45) is 0 Å². The van der Waals surface area contributed by atoms with Crippen molar-refractivity contribution in [3.8, 4) is 0 Å². The maximum Gasteiger partial charge on any atom is 0.407 e. The average Bonchev–Trinajstić information content (AvgIpc) is 2.94. The van der Waals surface area contributed by atoms with Gasteiger partial charge in [-0.3, -0.25) is 0 Å². The van der Waals surface area contributed by atoms with E-state index in [1.165, 1.54) is 0 Å². The van der Waals surface area contributed by atoms with E-state index < -0.39 is 5.60 Å². The van der Waals surface area contributed by atoms with Gasteiger partial charge >= 0.3 is 6.09 Å². The van der Waals surface area contributed by atoms with Crippen molar-refractivity contribution in [2.45, 2.75) is 64.3 Å². The van der Waals surface area contributed by atoms with Crippen LogP contribution >= 0.6 is 0 Å². The number of carbonyl (C=O) groups is 1. The lowest BCUT2D eigenvalue weighted by molar-refractivity contribution is 0.0505.